The van der Waals surface area contributed by atoms with Gasteiger partial charge in [0.15, 0.2) is 0 Å². The van der Waals surface area contributed by atoms with Gasteiger partial charge in [0, 0.05) is 16.5 Å². The van der Waals surface area contributed by atoms with Crippen molar-refractivity contribution in [2.24, 2.45) is 0 Å². The highest BCUT2D eigenvalue weighted by atomic mass is 19.1. The molecule has 1 saturated heterocycles. The number of nitrogens with one attached hydrogen (secondary N) is 1. The van der Waals surface area contributed by atoms with E-state index in [1.165, 1.54) is 12.1 Å². The third-order valence-corrected chi connectivity index (χ3v) is 3.83. The van der Waals surface area contributed by atoms with E-state index in [-0.39, 0.29) is 11.2 Å². The minimum absolute atomic E-state index is 0.0859. The lowest BCUT2D eigenvalue weighted by Crippen LogP contribution is -2.33. The number of halogens is 1. The average Bonchev–Trinajstić information content (AvgIpc) is 2.76. The summed E-state index contributed by atoms with van der Waals surface area (Å²) in [6.07, 6.45) is -4.68. The maximum Gasteiger partial charge on any atom is 0.255 e. The van der Waals surface area contributed by atoms with E-state index < -0.39 is 42.5 Å². The van der Waals surface area contributed by atoms with Gasteiger partial charge in [-0.25, -0.2) is 4.98 Å². The summed E-state index contributed by atoms with van der Waals surface area (Å²) in [5.74, 6) is -0.677. The van der Waals surface area contributed by atoms with Gasteiger partial charge in [0.2, 0.25) is 5.95 Å². The predicted molar refractivity (Wildman–Crippen MR) is 73.8 cm³/mol. The number of hydrogen-bond donors (Lipinski definition) is 4. The Labute approximate surface area is 124 Å². The van der Waals surface area contributed by atoms with Crippen molar-refractivity contribution < 1.29 is 24.4 Å². The number of aliphatic hydroxyl groups is 3. The SMILES string of the molecule is Cc1cc2cc(C3OC(CO)C(O)C3O)c(=O)[nH]c2nc1F. The summed E-state index contributed by atoms with van der Waals surface area (Å²) in [4.78, 5) is 18.2. The molecule has 1 fully saturated rings. The van der Waals surface area contributed by atoms with Crippen LogP contribution in [-0.4, -0.2) is 50.2 Å². The summed E-state index contributed by atoms with van der Waals surface area (Å²) < 4.78 is 18.8. The Hall–Kier alpha value is -1.87. The number of pyridine rings is 2. The summed E-state index contributed by atoms with van der Waals surface area (Å²) >= 11 is 0. The summed E-state index contributed by atoms with van der Waals surface area (Å²) in [7, 11) is 0. The van der Waals surface area contributed by atoms with Crippen LogP contribution >= 0.6 is 0 Å². The normalized spacial score (nSPS) is 28.4. The lowest BCUT2D eigenvalue weighted by Gasteiger charge is -2.14. The summed E-state index contributed by atoms with van der Waals surface area (Å²) in [5, 5.41) is 29.3. The molecule has 7 nitrogen and oxygen atoms in total. The summed E-state index contributed by atoms with van der Waals surface area (Å²) in [5.41, 5.74) is -0.115. The Morgan fingerprint density at radius 1 is 1.36 bits per heavy atom. The zero-order chi connectivity index (χ0) is 16.0. The van der Waals surface area contributed by atoms with Crippen LogP contribution < -0.4 is 5.56 Å². The van der Waals surface area contributed by atoms with Crippen molar-refractivity contribution in [3.63, 3.8) is 0 Å². The van der Waals surface area contributed by atoms with Gasteiger partial charge in [0.1, 0.15) is 30.1 Å². The van der Waals surface area contributed by atoms with Gasteiger partial charge in [-0.15, -0.1) is 0 Å². The van der Waals surface area contributed by atoms with E-state index in [4.69, 9.17) is 9.84 Å². The van der Waals surface area contributed by atoms with Crippen molar-refractivity contribution in [3.8, 4) is 0 Å². The molecule has 3 heterocycles. The Kier molecular flexibility index (Phi) is 3.69. The molecule has 22 heavy (non-hydrogen) atoms. The van der Waals surface area contributed by atoms with E-state index in [0.717, 1.165) is 0 Å². The van der Waals surface area contributed by atoms with Crippen LogP contribution in [-0.2, 0) is 4.74 Å². The monoisotopic (exact) mass is 310 g/mol. The molecule has 1 aliphatic heterocycles. The van der Waals surface area contributed by atoms with Crippen molar-refractivity contribution in [2.45, 2.75) is 31.3 Å². The number of fused-ring (bicyclic) bond motifs is 1. The van der Waals surface area contributed by atoms with Crippen molar-refractivity contribution in [1.29, 1.82) is 0 Å². The molecule has 0 saturated carbocycles. The highest BCUT2D eigenvalue weighted by molar-refractivity contribution is 5.75. The minimum atomic E-state index is -1.34. The number of ether oxygens (including phenoxy) is 1. The predicted octanol–water partition coefficient (Wildman–Crippen LogP) is -0.475. The second kappa shape index (κ2) is 5.40. The number of aliphatic hydroxyl groups excluding tert-OH is 3. The highest BCUT2D eigenvalue weighted by Crippen LogP contribution is 2.32. The zero-order valence-corrected chi connectivity index (χ0v) is 11.7. The van der Waals surface area contributed by atoms with Crippen molar-refractivity contribution in [3.05, 3.63) is 39.6 Å². The van der Waals surface area contributed by atoms with Crippen LogP contribution in [0.15, 0.2) is 16.9 Å². The Bertz CT molecular complexity index is 778. The third kappa shape index (κ3) is 2.30. The van der Waals surface area contributed by atoms with E-state index in [1.807, 2.05) is 0 Å². The van der Waals surface area contributed by atoms with Gasteiger partial charge in [-0.2, -0.15) is 4.39 Å². The molecule has 0 spiro atoms. The van der Waals surface area contributed by atoms with Crippen molar-refractivity contribution in [1.82, 2.24) is 9.97 Å². The molecular formula is C14H15FN2O5. The second-order valence-electron chi connectivity index (χ2n) is 5.35. The fourth-order valence-corrected chi connectivity index (χ4v) is 2.60. The van der Waals surface area contributed by atoms with Gasteiger partial charge in [-0.3, -0.25) is 4.79 Å². The van der Waals surface area contributed by atoms with E-state index in [2.05, 4.69) is 9.97 Å². The number of rotatable bonds is 2. The van der Waals surface area contributed by atoms with Gasteiger partial charge in [-0.1, -0.05) is 0 Å². The number of aromatic amines is 1. The first-order valence-electron chi connectivity index (χ1n) is 6.75. The van der Waals surface area contributed by atoms with Gasteiger partial charge in [0.25, 0.3) is 5.56 Å². The molecular weight excluding hydrogens is 295 g/mol. The van der Waals surface area contributed by atoms with E-state index in [9.17, 15) is 19.4 Å². The fourth-order valence-electron chi connectivity index (χ4n) is 2.60. The quantitative estimate of drug-likeness (QED) is 0.557. The van der Waals surface area contributed by atoms with Crippen molar-refractivity contribution in [2.75, 3.05) is 6.61 Å². The third-order valence-electron chi connectivity index (χ3n) is 3.83. The van der Waals surface area contributed by atoms with Crippen LogP contribution in [0.25, 0.3) is 11.0 Å². The van der Waals surface area contributed by atoms with Gasteiger partial charge >= 0.3 is 0 Å². The molecule has 1 aliphatic rings. The van der Waals surface area contributed by atoms with Crippen molar-refractivity contribution >= 4 is 11.0 Å². The molecule has 4 atom stereocenters. The average molecular weight is 310 g/mol. The molecule has 118 valence electrons. The minimum Gasteiger partial charge on any atom is -0.394 e. The maximum atomic E-state index is 13.4. The molecule has 8 heteroatoms. The maximum absolute atomic E-state index is 13.4. The van der Waals surface area contributed by atoms with Crippen LogP contribution in [0.2, 0.25) is 0 Å². The van der Waals surface area contributed by atoms with E-state index in [1.54, 1.807) is 6.92 Å². The Morgan fingerprint density at radius 2 is 2.09 bits per heavy atom. The molecule has 0 radical (unpaired) electrons. The first-order chi connectivity index (χ1) is 10.4. The van der Waals surface area contributed by atoms with E-state index >= 15 is 0 Å². The lowest BCUT2D eigenvalue weighted by molar-refractivity contribution is -0.0231. The van der Waals surface area contributed by atoms with Crippen LogP contribution in [0.1, 0.15) is 17.2 Å². The first kappa shape index (κ1) is 15.0. The number of H-pyrrole nitrogens is 1. The molecule has 0 bridgehead atoms. The second-order valence-corrected chi connectivity index (χ2v) is 5.35. The van der Waals surface area contributed by atoms with Crippen LogP contribution in [0.5, 0.6) is 0 Å². The Morgan fingerprint density at radius 3 is 2.73 bits per heavy atom. The van der Waals surface area contributed by atoms with Crippen LogP contribution in [0, 0.1) is 12.9 Å². The fraction of sp³-hybridized carbons (Fsp3) is 0.429. The number of aromatic nitrogens is 2. The number of aryl methyl sites for hydroxylation is 1. The summed E-state index contributed by atoms with van der Waals surface area (Å²) in [6, 6.07) is 2.95. The standard InChI is InChI=1S/C14H15FN2O5/c1-5-2-6-3-7(14(21)17-13(6)16-12(5)15)11-10(20)9(19)8(4-18)22-11/h2-3,8-11,18-20H,4H2,1H3,(H,16,17,21). The molecule has 4 unspecified atom stereocenters. The van der Waals surface area contributed by atoms with Gasteiger partial charge in [0.05, 0.1) is 6.61 Å². The first-order valence-corrected chi connectivity index (χ1v) is 6.75. The van der Waals surface area contributed by atoms with Gasteiger partial charge in [-0.05, 0) is 19.1 Å². The molecule has 0 amide bonds. The molecule has 2 aromatic rings. The molecule has 3 rings (SSSR count). The zero-order valence-electron chi connectivity index (χ0n) is 11.7. The van der Waals surface area contributed by atoms with Crippen LogP contribution in [0.3, 0.4) is 0 Å². The smallest absolute Gasteiger partial charge is 0.255 e. The number of hydrogen-bond acceptors (Lipinski definition) is 6. The highest BCUT2D eigenvalue weighted by Gasteiger charge is 2.44. The lowest BCUT2D eigenvalue weighted by atomic mass is 10.0. The molecule has 4 N–H and O–H groups in total. The van der Waals surface area contributed by atoms with E-state index in [0.29, 0.717) is 10.9 Å². The topological polar surface area (TPSA) is 116 Å². The van der Waals surface area contributed by atoms with Crippen LogP contribution in [0.4, 0.5) is 4.39 Å². The molecule has 0 aliphatic carbocycles. The van der Waals surface area contributed by atoms with Gasteiger partial charge < -0.3 is 25.0 Å². The molecule has 2 aromatic heterocycles. The summed E-state index contributed by atoms with van der Waals surface area (Å²) in [6.45, 7) is 1.06. The molecule has 0 aromatic carbocycles. The largest absolute Gasteiger partial charge is 0.394 e. The Balaban J connectivity index is 2.10. The number of nitrogens with zero attached hydrogens (tertiary/aromatic N) is 1.